The Kier molecular flexibility index (Phi) is 6.17. The Bertz CT molecular complexity index is 822. The van der Waals surface area contributed by atoms with Gasteiger partial charge in [0, 0.05) is 44.5 Å². The summed E-state index contributed by atoms with van der Waals surface area (Å²) in [7, 11) is 0. The van der Waals surface area contributed by atoms with Crippen LogP contribution in [0.4, 0.5) is 5.69 Å². The van der Waals surface area contributed by atoms with Gasteiger partial charge in [0.05, 0.1) is 6.04 Å². The normalized spacial score (nSPS) is 17.7. The maximum atomic E-state index is 12.7. The molecule has 7 nitrogen and oxygen atoms in total. The van der Waals surface area contributed by atoms with Gasteiger partial charge in [-0.05, 0) is 31.2 Å². The molecule has 1 amide bonds. The number of nitrogens with one attached hydrogen (secondary N) is 1. The number of piperazine rings is 1. The zero-order valence-electron chi connectivity index (χ0n) is 16.7. The average Bonchev–Trinajstić information content (AvgIpc) is 3.22. The summed E-state index contributed by atoms with van der Waals surface area (Å²) >= 11 is 0. The molecule has 1 fully saturated rings. The van der Waals surface area contributed by atoms with Gasteiger partial charge in [0.25, 0.3) is 0 Å². The summed E-state index contributed by atoms with van der Waals surface area (Å²) in [6, 6.07) is 15.1. The molecule has 29 heavy (non-hydrogen) atoms. The number of anilines is 1. The number of amides is 1. The summed E-state index contributed by atoms with van der Waals surface area (Å²) in [5.41, 5.74) is 0.725. The average molecular weight is 397 g/mol. The van der Waals surface area contributed by atoms with E-state index in [2.05, 4.69) is 15.1 Å². The van der Waals surface area contributed by atoms with Crippen molar-refractivity contribution in [2.75, 3.05) is 51.4 Å². The molecule has 0 radical (unpaired) electrons. The lowest BCUT2D eigenvalue weighted by Gasteiger charge is -2.37. The summed E-state index contributed by atoms with van der Waals surface area (Å²) in [5.74, 6) is 2.27. The maximum absolute atomic E-state index is 12.7. The Labute approximate surface area is 171 Å². The van der Waals surface area contributed by atoms with Crippen molar-refractivity contribution in [3.63, 3.8) is 0 Å². The van der Waals surface area contributed by atoms with Crippen LogP contribution in [0.3, 0.4) is 0 Å². The van der Waals surface area contributed by atoms with Gasteiger partial charge in [-0.25, -0.2) is 0 Å². The molecule has 1 N–H and O–H groups in total. The zero-order valence-corrected chi connectivity index (χ0v) is 16.7. The highest BCUT2D eigenvalue weighted by Gasteiger charge is 2.26. The third-order valence-corrected chi connectivity index (χ3v) is 5.39. The minimum atomic E-state index is -0.192. The quantitative estimate of drug-likeness (QED) is 0.774. The minimum absolute atomic E-state index is 0.00951. The molecular weight excluding hydrogens is 370 g/mol. The summed E-state index contributed by atoms with van der Waals surface area (Å²) in [6.07, 6.45) is 0. The Balaban J connectivity index is 1.20. The van der Waals surface area contributed by atoms with Crippen LogP contribution in [0.5, 0.6) is 17.2 Å². The Morgan fingerprint density at radius 3 is 2.62 bits per heavy atom. The van der Waals surface area contributed by atoms with Crippen LogP contribution in [0.2, 0.25) is 0 Å². The van der Waals surface area contributed by atoms with Crippen LogP contribution in [0.1, 0.15) is 6.92 Å². The Hall–Kier alpha value is -2.77. The van der Waals surface area contributed by atoms with E-state index < -0.39 is 0 Å². The lowest BCUT2D eigenvalue weighted by Crippen LogP contribution is -2.53. The van der Waals surface area contributed by atoms with Gasteiger partial charge in [-0.3, -0.25) is 14.6 Å². The first kappa shape index (κ1) is 19.5. The number of rotatable bonds is 7. The van der Waals surface area contributed by atoms with Gasteiger partial charge in [-0.1, -0.05) is 18.2 Å². The molecular formula is C22H27N3O4. The van der Waals surface area contributed by atoms with Gasteiger partial charge in [-0.2, -0.15) is 0 Å². The minimum Gasteiger partial charge on any atom is -0.492 e. The third-order valence-electron chi connectivity index (χ3n) is 5.39. The first-order valence-electron chi connectivity index (χ1n) is 10.0. The predicted octanol–water partition coefficient (Wildman–Crippen LogP) is 2.44. The van der Waals surface area contributed by atoms with Gasteiger partial charge < -0.3 is 19.5 Å². The molecule has 0 spiro atoms. The Morgan fingerprint density at radius 1 is 1.07 bits per heavy atom. The molecule has 1 atom stereocenters. The molecule has 2 heterocycles. The third kappa shape index (κ3) is 4.99. The van der Waals surface area contributed by atoms with E-state index in [9.17, 15) is 4.79 Å². The van der Waals surface area contributed by atoms with Crippen molar-refractivity contribution in [3.05, 3.63) is 48.5 Å². The fourth-order valence-electron chi connectivity index (χ4n) is 3.57. The molecule has 4 rings (SSSR count). The SMILES string of the molecule is C[C@@H](C(=O)Nc1ccc2c(c1)OCO2)N1CCN(CCOc2ccccc2)CC1. The van der Waals surface area contributed by atoms with Crippen LogP contribution in [-0.4, -0.2) is 67.9 Å². The maximum Gasteiger partial charge on any atom is 0.241 e. The molecule has 1 saturated heterocycles. The number of benzene rings is 2. The van der Waals surface area contributed by atoms with E-state index in [4.69, 9.17) is 14.2 Å². The topological polar surface area (TPSA) is 63.3 Å². The number of hydrogen-bond donors (Lipinski definition) is 1. The summed E-state index contributed by atoms with van der Waals surface area (Å²) in [4.78, 5) is 17.3. The van der Waals surface area contributed by atoms with Gasteiger partial charge in [0.1, 0.15) is 12.4 Å². The number of nitrogens with zero attached hydrogens (tertiary/aromatic N) is 2. The van der Waals surface area contributed by atoms with E-state index >= 15 is 0 Å². The van der Waals surface area contributed by atoms with Crippen molar-refractivity contribution in [2.24, 2.45) is 0 Å². The van der Waals surface area contributed by atoms with Gasteiger partial charge in [0.2, 0.25) is 12.7 Å². The molecule has 0 unspecified atom stereocenters. The second-order valence-electron chi connectivity index (χ2n) is 7.27. The van der Waals surface area contributed by atoms with Gasteiger partial charge in [-0.15, -0.1) is 0 Å². The van der Waals surface area contributed by atoms with Crippen LogP contribution in [0, 0.1) is 0 Å². The monoisotopic (exact) mass is 397 g/mol. The van der Waals surface area contributed by atoms with E-state index in [0.29, 0.717) is 18.1 Å². The van der Waals surface area contributed by atoms with Crippen LogP contribution >= 0.6 is 0 Å². The standard InChI is InChI=1S/C22H27N3O4/c1-17(22(26)23-18-7-8-20-21(15-18)29-16-28-20)25-11-9-24(10-12-25)13-14-27-19-5-3-2-4-6-19/h2-8,15,17H,9-14,16H2,1H3,(H,23,26)/t17-/m0/s1. The van der Waals surface area contributed by atoms with Crippen molar-refractivity contribution in [3.8, 4) is 17.2 Å². The Morgan fingerprint density at radius 2 is 1.83 bits per heavy atom. The number of ether oxygens (including phenoxy) is 3. The molecule has 0 bridgehead atoms. The van der Waals surface area contributed by atoms with E-state index in [1.54, 1.807) is 6.07 Å². The van der Waals surface area contributed by atoms with Gasteiger partial charge >= 0.3 is 0 Å². The van der Waals surface area contributed by atoms with E-state index in [-0.39, 0.29) is 18.7 Å². The fraction of sp³-hybridized carbons (Fsp3) is 0.409. The lowest BCUT2D eigenvalue weighted by molar-refractivity contribution is -0.121. The molecule has 0 aromatic heterocycles. The number of para-hydroxylation sites is 1. The molecule has 2 aliphatic rings. The predicted molar refractivity (Wildman–Crippen MR) is 111 cm³/mol. The van der Waals surface area contributed by atoms with Crippen molar-refractivity contribution < 1.29 is 19.0 Å². The summed E-state index contributed by atoms with van der Waals surface area (Å²) < 4.78 is 16.5. The molecule has 2 aliphatic heterocycles. The van der Waals surface area contributed by atoms with Crippen molar-refractivity contribution in [1.82, 2.24) is 9.80 Å². The highest BCUT2D eigenvalue weighted by Crippen LogP contribution is 2.34. The number of carbonyl (C=O) groups excluding carboxylic acids is 1. The van der Waals surface area contributed by atoms with Crippen LogP contribution in [-0.2, 0) is 4.79 Å². The zero-order chi connectivity index (χ0) is 20.1. The van der Waals surface area contributed by atoms with Crippen molar-refractivity contribution >= 4 is 11.6 Å². The molecule has 2 aromatic carbocycles. The molecule has 154 valence electrons. The van der Waals surface area contributed by atoms with Crippen LogP contribution in [0.15, 0.2) is 48.5 Å². The number of carbonyl (C=O) groups is 1. The van der Waals surface area contributed by atoms with Crippen LogP contribution < -0.4 is 19.5 Å². The number of fused-ring (bicyclic) bond motifs is 1. The van der Waals surface area contributed by atoms with Crippen molar-refractivity contribution in [1.29, 1.82) is 0 Å². The molecule has 0 saturated carbocycles. The smallest absolute Gasteiger partial charge is 0.241 e. The summed E-state index contributed by atoms with van der Waals surface area (Å²) in [6.45, 7) is 7.33. The van der Waals surface area contributed by atoms with E-state index in [1.165, 1.54) is 0 Å². The molecule has 0 aliphatic carbocycles. The highest BCUT2D eigenvalue weighted by atomic mass is 16.7. The van der Waals surface area contributed by atoms with Crippen LogP contribution in [0.25, 0.3) is 0 Å². The van der Waals surface area contributed by atoms with E-state index in [0.717, 1.165) is 44.2 Å². The largest absolute Gasteiger partial charge is 0.492 e. The van der Waals surface area contributed by atoms with E-state index in [1.807, 2.05) is 49.4 Å². The lowest BCUT2D eigenvalue weighted by atomic mass is 10.2. The molecule has 2 aromatic rings. The summed E-state index contributed by atoms with van der Waals surface area (Å²) in [5, 5.41) is 2.98. The second kappa shape index (κ2) is 9.15. The first-order chi connectivity index (χ1) is 14.2. The second-order valence-corrected chi connectivity index (χ2v) is 7.27. The molecule has 7 heteroatoms. The highest BCUT2D eigenvalue weighted by molar-refractivity contribution is 5.94. The van der Waals surface area contributed by atoms with Gasteiger partial charge in [0.15, 0.2) is 11.5 Å². The fourth-order valence-corrected chi connectivity index (χ4v) is 3.57. The number of hydrogen-bond acceptors (Lipinski definition) is 6. The van der Waals surface area contributed by atoms with Crippen molar-refractivity contribution in [2.45, 2.75) is 13.0 Å². The first-order valence-corrected chi connectivity index (χ1v) is 10.0.